The average molecular weight is 249 g/mol. The number of rotatable bonds is 5. The molecule has 0 atom stereocenters. The van der Waals surface area contributed by atoms with Crippen molar-refractivity contribution < 1.29 is 33.9 Å². The maximum atomic E-state index is 10.7. The van der Waals surface area contributed by atoms with Gasteiger partial charge in [0.2, 0.25) is 5.52 Å². The molecule has 0 aromatic rings. The Morgan fingerprint density at radius 3 is 1.71 bits per heavy atom. The fourth-order valence-corrected chi connectivity index (χ4v) is 3.38. The summed E-state index contributed by atoms with van der Waals surface area (Å²) in [4.78, 5) is 34.5. The first-order valence-corrected chi connectivity index (χ1v) is 7.03. The van der Waals surface area contributed by atoms with Crippen LogP contribution in [0.4, 0.5) is 0 Å². The highest BCUT2D eigenvalue weighted by Crippen LogP contribution is 2.60. The van der Waals surface area contributed by atoms with E-state index in [9.17, 15) is 9.13 Å². The van der Waals surface area contributed by atoms with E-state index in [1.54, 1.807) is 6.92 Å². The first kappa shape index (κ1) is 14.2. The van der Waals surface area contributed by atoms with Gasteiger partial charge < -0.3 is 24.8 Å². The Morgan fingerprint density at radius 2 is 1.50 bits per heavy atom. The van der Waals surface area contributed by atoms with Gasteiger partial charge in [0.25, 0.3) is 0 Å². The van der Waals surface area contributed by atoms with E-state index in [1.807, 2.05) is 0 Å². The third kappa shape index (κ3) is 4.16. The molecule has 0 radical (unpaired) electrons. The van der Waals surface area contributed by atoms with Crippen LogP contribution < -0.4 is 0 Å². The normalized spacial score (nSPS) is 14.0. The Morgan fingerprint density at radius 1 is 1.14 bits per heavy atom. The van der Waals surface area contributed by atoms with Crippen molar-refractivity contribution >= 4 is 15.2 Å². The van der Waals surface area contributed by atoms with Crippen LogP contribution >= 0.6 is 15.2 Å². The van der Waals surface area contributed by atoms with Crippen LogP contribution in [0.2, 0.25) is 0 Å². The fourth-order valence-electron chi connectivity index (χ4n) is 0.888. The molecule has 0 fully saturated rings. The zero-order valence-corrected chi connectivity index (χ0v) is 9.17. The molecular weight excluding hydrogens is 236 g/mol. The molecular formula is C4H13NO7P2. The second-order valence-electron chi connectivity index (χ2n) is 2.69. The third-order valence-corrected chi connectivity index (χ3v) is 4.86. The molecule has 0 bridgehead atoms. The van der Waals surface area contributed by atoms with Crippen LogP contribution in [-0.4, -0.2) is 41.9 Å². The molecule has 5 N–H and O–H groups in total. The van der Waals surface area contributed by atoms with Crippen molar-refractivity contribution in [3.8, 4) is 0 Å². The summed E-state index contributed by atoms with van der Waals surface area (Å²) in [6.45, 7) is 1.35. The number of hydroxylamine groups is 2. The zero-order valence-electron chi connectivity index (χ0n) is 7.39. The van der Waals surface area contributed by atoms with Crippen molar-refractivity contribution in [2.24, 2.45) is 0 Å². The Labute approximate surface area is 80.4 Å². The van der Waals surface area contributed by atoms with Gasteiger partial charge in [0.1, 0.15) is 0 Å². The van der Waals surface area contributed by atoms with Gasteiger partial charge in [-0.25, -0.2) is 0 Å². The summed E-state index contributed by atoms with van der Waals surface area (Å²) in [5.41, 5.74) is -2.48. The molecule has 14 heavy (non-hydrogen) atoms. The third-order valence-electron chi connectivity index (χ3n) is 1.32. The van der Waals surface area contributed by atoms with Crippen molar-refractivity contribution in [2.45, 2.75) is 18.9 Å². The molecule has 0 saturated heterocycles. The highest BCUT2D eigenvalue weighted by molar-refractivity contribution is 7.70. The van der Waals surface area contributed by atoms with Crippen LogP contribution in [0, 0.1) is 0 Å². The SMILES string of the molecule is CCCN(O)C(P(=O)(O)O)P(=O)(O)O. The molecule has 0 spiro atoms. The van der Waals surface area contributed by atoms with Crippen LogP contribution in [-0.2, 0) is 9.13 Å². The maximum absolute atomic E-state index is 10.7. The Bertz CT molecular complexity index is 247. The Balaban J connectivity index is 4.94. The van der Waals surface area contributed by atoms with E-state index in [2.05, 4.69) is 0 Å². The highest BCUT2D eigenvalue weighted by atomic mass is 31.2. The molecule has 0 aliphatic carbocycles. The van der Waals surface area contributed by atoms with Crippen LogP contribution in [0.25, 0.3) is 0 Å². The van der Waals surface area contributed by atoms with Crippen LogP contribution in [0.3, 0.4) is 0 Å². The molecule has 0 unspecified atom stereocenters. The molecule has 0 amide bonds. The molecule has 0 heterocycles. The van der Waals surface area contributed by atoms with Gasteiger partial charge in [-0.1, -0.05) is 6.92 Å². The van der Waals surface area contributed by atoms with E-state index in [0.29, 0.717) is 6.42 Å². The van der Waals surface area contributed by atoms with Gasteiger partial charge in [-0.3, -0.25) is 9.13 Å². The summed E-state index contributed by atoms with van der Waals surface area (Å²) in [6, 6.07) is 0. The quantitative estimate of drug-likeness (QED) is 0.331. The van der Waals surface area contributed by atoms with Gasteiger partial charge in [-0.2, -0.15) is 5.06 Å². The lowest BCUT2D eigenvalue weighted by Crippen LogP contribution is -2.32. The predicted molar refractivity (Wildman–Crippen MR) is 46.7 cm³/mol. The monoisotopic (exact) mass is 249 g/mol. The minimum atomic E-state index is -5.07. The molecule has 0 aliphatic rings. The lowest BCUT2D eigenvalue weighted by atomic mass is 10.5. The standard InChI is InChI=1S/C4H13NO7P2/c1-2-3-5(6)4(13(7,8)9)14(10,11)12/h4,6H,2-3H2,1H3,(H2,7,8,9)(H2,10,11,12). The van der Waals surface area contributed by atoms with Gasteiger partial charge in [0.15, 0.2) is 0 Å². The lowest BCUT2D eigenvalue weighted by Gasteiger charge is -2.26. The van der Waals surface area contributed by atoms with Crippen molar-refractivity contribution in [3.05, 3.63) is 0 Å². The van der Waals surface area contributed by atoms with Crippen molar-refractivity contribution in [1.82, 2.24) is 5.06 Å². The van der Waals surface area contributed by atoms with E-state index < -0.39 is 20.7 Å². The minimum Gasteiger partial charge on any atom is -0.323 e. The van der Waals surface area contributed by atoms with E-state index >= 15 is 0 Å². The van der Waals surface area contributed by atoms with Gasteiger partial charge >= 0.3 is 15.2 Å². The highest BCUT2D eigenvalue weighted by Gasteiger charge is 2.47. The van der Waals surface area contributed by atoms with Gasteiger partial charge in [0.05, 0.1) is 0 Å². The molecule has 0 aliphatic heterocycles. The number of hydrogen-bond acceptors (Lipinski definition) is 4. The summed E-state index contributed by atoms with van der Waals surface area (Å²) in [5.74, 6) is 0. The topological polar surface area (TPSA) is 139 Å². The number of hydrogen-bond donors (Lipinski definition) is 5. The molecule has 86 valence electrons. The van der Waals surface area contributed by atoms with E-state index in [0.717, 1.165) is 0 Å². The Hall–Kier alpha value is 0.220. The second-order valence-corrected chi connectivity index (χ2v) is 6.43. The molecule has 0 saturated carbocycles. The smallest absolute Gasteiger partial charge is 0.323 e. The number of nitrogens with zero attached hydrogens (tertiary/aromatic N) is 1. The summed E-state index contributed by atoms with van der Waals surface area (Å²) < 4.78 is 21.4. The van der Waals surface area contributed by atoms with E-state index in [1.165, 1.54) is 0 Å². The van der Waals surface area contributed by atoms with Crippen LogP contribution in [0.15, 0.2) is 0 Å². The van der Waals surface area contributed by atoms with Crippen molar-refractivity contribution in [1.29, 1.82) is 0 Å². The second kappa shape index (κ2) is 4.83. The molecule has 10 heteroatoms. The first-order valence-electron chi connectivity index (χ1n) is 3.66. The van der Waals surface area contributed by atoms with E-state index in [-0.39, 0.29) is 11.6 Å². The van der Waals surface area contributed by atoms with Gasteiger partial charge in [-0.05, 0) is 6.42 Å². The van der Waals surface area contributed by atoms with Crippen LogP contribution in [0.1, 0.15) is 13.3 Å². The first-order chi connectivity index (χ1) is 6.10. The molecule has 0 rings (SSSR count). The molecule has 0 aromatic heterocycles. The van der Waals surface area contributed by atoms with Crippen molar-refractivity contribution in [3.63, 3.8) is 0 Å². The molecule has 8 nitrogen and oxygen atoms in total. The largest absolute Gasteiger partial charge is 0.357 e. The maximum Gasteiger partial charge on any atom is 0.357 e. The van der Waals surface area contributed by atoms with Gasteiger partial charge in [-0.15, -0.1) is 0 Å². The van der Waals surface area contributed by atoms with Crippen LogP contribution in [0.5, 0.6) is 0 Å². The lowest BCUT2D eigenvalue weighted by molar-refractivity contribution is -0.0928. The Kier molecular flexibility index (Phi) is 4.90. The van der Waals surface area contributed by atoms with Crippen molar-refractivity contribution in [2.75, 3.05) is 6.54 Å². The summed E-state index contributed by atoms with van der Waals surface area (Å²) in [7, 11) is -10.1. The fraction of sp³-hybridized carbons (Fsp3) is 1.00. The van der Waals surface area contributed by atoms with E-state index in [4.69, 9.17) is 24.8 Å². The van der Waals surface area contributed by atoms with Gasteiger partial charge in [0, 0.05) is 6.54 Å². The average Bonchev–Trinajstić information content (AvgIpc) is 1.78. The molecule has 0 aromatic carbocycles. The summed E-state index contributed by atoms with van der Waals surface area (Å²) >= 11 is 0. The summed E-state index contributed by atoms with van der Waals surface area (Å²) in [6.07, 6.45) is 0.299. The summed E-state index contributed by atoms with van der Waals surface area (Å²) in [5, 5.41) is 9.02. The minimum absolute atomic E-state index is 0.0123. The zero-order chi connectivity index (χ0) is 11.6. The predicted octanol–water partition coefficient (Wildman–Crippen LogP) is -0.273.